The Bertz CT molecular complexity index is 578. The molecule has 1 amide bonds. The van der Waals surface area contributed by atoms with E-state index in [0.29, 0.717) is 12.1 Å². The van der Waals surface area contributed by atoms with Crippen molar-refractivity contribution in [1.29, 1.82) is 0 Å². The second-order valence-electron chi connectivity index (χ2n) is 7.02. The van der Waals surface area contributed by atoms with Crippen molar-refractivity contribution < 1.29 is 13.6 Å². The Morgan fingerprint density at radius 2 is 1.92 bits per heavy atom. The molecule has 0 aromatic heterocycles. The lowest BCUT2D eigenvalue weighted by atomic mass is 9.99. The predicted molar refractivity (Wildman–Crippen MR) is 89.4 cm³/mol. The first kappa shape index (κ1) is 17.3. The van der Waals surface area contributed by atoms with Crippen LogP contribution in [0.15, 0.2) is 18.2 Å². The van der Waals surface area contributed by atoms with Gasteiger partial charge >= 0.3 is 0 Å². The number of halogens is 2. The van der Waals surface area contributed by atoms with Crippen LogP contribution in [0, 0.1) is 17.6 Å². The normalized spacial score (nSPS) is 26.5. The summed E-state index contributed by atoms with van der Waals surface area (Å²) in [5, 5.41) is 3.07. The Morgan fingerprint density at radius 3 is 2.75 bits per heavy atom. The molecule has 1 aromatic carbocycles. The topological polar surface area (TPSA) is 32.3 Å². The number of nitrogens with zero attached hydrogens (tertiary/aromatic N) is 1. The molecule has 1 heterocycles. The van der Waals surface area contributed by atoms with Crippen LogP contribution in [0.1, 0.15) is 50.5 Å². The van der Waals surface area contributed by atoms with Gasteiger partial charge in [-0.15, -0.1) is 0 Å². The molecule has 1 saturated carbocycles. The summed E-state index contributed by atoms with van der Waals surface area (Å²) in [4.78, 5) is 14.7. The number of carbonyl (C=O) groups excluding carboxylic acids is 1. The lowest BCUT2D eigenvalue weighted by Gasteiger charge is -2.32. The Labute approximate surface area is 142 Å². The highest BCUT2D eigenvalue weighted by molar-refractivity contribution is 5.79. The van der Waals surface area contributed by atoms with Crippen molar-refractivity contribution in [2.45, 2.75) is 57.5 Å². The van der Waals surface area contributed by atoms with E-state index in [0.717, 1.165) is 64.1 Å². The maximum absolute atomic E-state index is 14.1. The van der Waals surface area contributed by atoms with Crippen LogP contribution in [0.2, 0.25) is 0 Å². The number of nitrogens with one attached hydrogen (secondary N) is 1. The van der Waals surface area contributed by atoms with Crippen LogP contribution in [-0.2, 0) is 11.3 Å². The van der Waals surface area contributed by atoms with Crippen LogP contribution in [0.3, 0.4) is 0 Å². The fourth-order valence-electron chi connectivity index (χ4n) is 4.05. The molecule has 0 radical (unpaired) electrons. The number of rotatable bonds is 2. The highest BCUT2D eigenvalue weighted by atomic mass is 19.1. The second-order valence-corrected chi connectivity index (χ2v) is 7.02. The van der Waals surface area contributed by atoms with Gasteiger partial charge in [-0.05, 0) is 38.3 Å². The van der Waals surface area contributed by atoms with Crippen LogP contribution >= 0.6 is 0 Å². The molecule has 1 saturated heterocycles. The summed E-state index contributed by atoms with van der Waals surface area (Å²) in [5.41, 5.74) is 0.511. The molecule has 0 bridgehead atoms. The molecule has 1 aliphatic carbocycles. The number of carbonyl (C=O) groups is 1. The first-order chi connectivity index (χ1) is 11.6. The monoisotopic (exact) mass is 336 g/mol. The van der Waals surface area contributed by atoms with Crippen molar-refractivity contribution in [3.8, 4) is 0 Å². The summed E-state index contributed by atoms with van der Waals surface area (Å²) in [7, 11) is 0. The summed E-state index contributed by atoms with van der Waals surface area (Å²) < 4.78 is 27.2. The summed E-state index contributed by atoms with van der Waals surface area (Å²) in [5.74, 6) is -0.911. The van der Waals surface area contributed by atoms with Gasteiger partial charge in [0.15, 0.2) is 0 Å². The minimum Gasteiger partial charge on any atom is -0.356 e. The third-order valence-electron chi connectivity index (χ3n) is 5.35. The minimum absolute atomic E-state index is 0.00777. The Hall–Kier alpha value is -1.49. The fourth-order valence-corrected chi connectivity index (χ4v) is 4.05. The zero-order valence-electron chi connectivity index (χ0n) is 14.1. The average Bonchev–Trinajstić information content (AvgIpc) is 3.03. The van der Waals surface area contributed by atoms with Gasteiger partial charge in [-0.1, -0.05) is 25.3 Å². The first-order valence-corrected chi connectivity index (χ1v) is 9.11. The zero-order valence-corrected chi connectivity index (χ0v) is 14.1. The lowest BCUT2D eigenvalue weighted by molar-refractivity contribution is -0.126. The Balaban J connectivity index is 1.79. The van der Waals surface area contributed by atoms with Crippen molar-refractivity contribution in [2.75, 3.05) is 13.1 Å². The van der Waals surface area contributed by atoms with E-state index in [4.69, 9.17) is 0 Å². The zero-order chi connectivity index (χ0) is 16.9. The standard InChI is InChI=1S/C19H26F2N2O/c20-15-9-8-14(17(21)12-15)13-23-11-4-2-1-3-10-22-19(24)16-6-5-7-18(16)23/h8-9,12,16,18H,1-7,10-11,13H2,(H,22,24)/t16-,18+/m1/s1. The van der Waals surface area contributed by atoms with E-state index in [1.54, 1.807) is 0 Å². The number of amides is 1. The SMILES string of the molecule is O=C1NCCCCCCN(Cc2ccc(F)cc2F)[C@H]2CCC[C@@H]12. The van der Waals surface area contributed by atoms with Crippen molar-refractivity contribution >= 4 is 5.91 Å². The highest BCUT2D eigenvalue weighted by Crippen LogP contribution is 2.32. The van der Waals surface area contributed by atoms with E-state index in [2.05, 4.69) is 10.2 Å². The van der Waals surface area contributed by atoms with Gasteiger partial charge in [0, 0.05) is 30.8 Å². The average molecular weight is 336 g/mol. The molecule has 1 aliphatic heterocycles. The second kappa shape index (κ2) is 8.06. The van der Waals surface area contributed by atoms with Crippen LogP contribution in [0.25, 0.3) is 0 Å². The molecule has 3 nitrogen and oxygen atoms in total. The predicted octanol–water partition coefficient (Wildman–Crippen LogP) is 3.63. The minimum atomic E-state index is -0.549. The fraction of sp³-hybridized carbons (Fsp3) is 0.632. The van der Waals surface area contributed by atoms with E-state index in [1.807, 2.05) is 0 Å². The summed E-state index contributed by atoms with van der Waals surface area (Å²) in [6, 6.07) is 3.94. The van der Waals surface area contributed by atoms with Crippen LogP contribution in [0.5, 0.6) is 0 Å². The van der Waals surface area contributed by atoms with E-state index in [1.165, 1.54) is 12.1 Å². The molecule has 132 valence electrons. The molecule has 5 heteroatoms. The van der Waals surface area contributed by atoms with Crippen molar-refractivity contribution in [3.63, 3.8) is 0 Å². The van der Waals surface area contributed by atoms with Gasteiger partial charge < -0.3 is 5.32 Å². The molecular formula is C19H26F2N2O. The van der Waals surface area contributed by atoms with Crippen LogP contribution in [-0.4, -0.2) is 29.9 Å². The van der Waals surface area contributed by atoms with E-state index >= 15 is 0 Å². The molecule has 2 aliphatic rings. The first-order valence-electron chi connectivity index (χ1n) is 9.11. The van der Waals surface area contributed by atoms with Gasteiger partial charge in [-0.2, -0.15) is 0 Å². The van der Waals surface area contributed by atoms with Crippen molar-refractivity contribution in [3.05, 3.63) is 35.4 Å². The van der Waals surface area contributed by atoms with E-state index in [9.17, 15) is 13.6 Å². The molecule has 2 atom stereocenters. The smallest absolute Gasteiger partial charge is 0.224 e. The summed E-state index contributed by atoms with van der Waals surface area (Å²) in [6.45, 7) is 2.07. The Morgan fingerprint density at radius 1 is 1.08 bits per heavy atom. The molecular weight excluding hydrogens is 310 g/mol. The maximum atomic E-state index is 14.1. The highest BCUT2D eigenvalue weighted by Gasteiger charge is 2.36. The van der Waals surface area contributed by atoms with E-state index in [-0.39, 0.29) is 17.9 Å². The van der Waals surface area contributed by atoms with Gasteiger partial charge in [0.1, 0.15) is 11.6 Å². The van der Waals surface area contributed by atoms with Crippen LogP contribution < -0.4 is 5.32 Å². The number of hydrogen-bond donors (Lipinski definition) is 1. The molecule has 1 aromatic rings. The van der Waals surface area contributed by atoms with Crippen LogP contribution in [0.4, 0.5) is 8.78 Å². The van der Waals surface area contributed by atoms with E-state index < -0.39 is 11.6 Å². The van der Waals surface area contributed by atoms with Crippen molar-refractivity contribution in [2.24, 2.45) is 5.92 Å². The summed E-state index contributed by atoms with van der Waals surface area (Å²) >= 11 is 0. The largest absolute Gasteiger partial charge is 0.356 e. The number of fused-ring (bicyclic) bond motifs is 1. The molecule has 24 heavy (non-hydrogen) atoms. The molecule has 0 unspecified atom stereocenters. The van der Waals surface area contributed by atoms with Crippen molar-refractivity contribution in [1.82, 2.24) is 10.2 Å². The molecule has 0 spiro atoms. The molecule has 1 N–H and O–H groups in total. The third-order valence-corrected chi connectivity index (χ3v) is 5.35. The molecule has 2 fully saturated rings. The van der Waals surface area contributed by atoms with Gasteiger partial charge in [-0.3, -0.25) is 9.69 Å². The number of hydrogen-bond acceptors (Lipinski definition) is 2. The lowest BCUT2D eigenvalue weighted by Crippen LogP contribution is -2.44. The van der Waals surface area contributed by atoms with Gasteiger partial charge in [0.2, 0.25) is 5.91 Å². The third kappa shape index (κ3) is 4.12. The van der Waals surface area contributed by atoms with Gasteiger partial charge in [0.25, 0.3) is 0 Å². The van der Waals surface area contributed by atoms with Gasteiger partial charge in [-0.25, -0.2) is 8.78 Å². The quantitative estimate of drug-likeness (QED) is 0.894. The van der Waals surface area contributed by atoms with Gasteiger partial charge in [0.05, 0.1) is 5.92 Å². The number of benzene rings is 1. The summed E-state index contributed by atoms with van der Waals surface area (Å²) in [6.07, 6.45) is 7.21. The molecule has 3 rings (SSSR count). The Kier molecular flexibility index (Phi) is 5.82. The maximum Gasteiger partial charge on any atom is 0.224 e.